The summed E-state index contributed by atoms with van der Waals surface area (Å²) in [4.78, 5) is 38.1. The second kappa shape index (κ2) is 12.2. The molecular formula is C31H39N5O2. The molecule has 2 N–H and O–H groups in total. The number of hydrogen-bond acceptors (Lipinski definition) is 5. The first-order chi connectivity index (χ1) is 18.3. The fourth-order valence-corrected chi connectivity index (χ4v) is 5.14. The van der Waals surface area contributed by atoms with Gasteiger partial charge in [0.2, 0.25) is 0 Å². The number of piperazine rings is 1. The van der Waals surface area contributed by atoms with Crippen LogP contribution in [0.5, 0.6) is 0 Å². The average molecular weight is 514 g/mol. The largest absolute Gasteiger partial charge is 0.369 e. The highest BCUT2D eigenvalue weighted by Gasteiger charge is 2.18. The van der Waals surface area contributed by atoms with Crippen molar-refractivity contribution >= 4 is 17.8 Å². The number of benzene rings is 2. The lowest BCUT2D eigenvalue weighted by atomic mass is 9.94. The molecule has 1 aromatic heterocycles. The number of aryl methyl sites for hydroxylation is 3. The molecule has 0 spiro atoms. The van der Waals surface area contributed by atoms with Crippen molar-refractivity contribution in [2.75, 3.05) is 45.2 Å². The van der Waals surface area contributed by atoms with Crippen LogP contribution in [-0.4, -0.2) is 62.3 Å². The number of aliphatic imine (C=N–C) groups is 1. The van der Waals surface area contributed by atoms with E-state index < -0.39 is 0 Å². The lowest BCUT2D eigenvalue weighted by molar-refractivity contribution is 0.0950. The normalized spacial score (nSPS) is 14.3. The number of aromatic amines is 1. The molecule has 1 fully saturated rings. The molecule has 2 aromatic carbocycles. The van der Waals surface area contributed by atoms with Crippen molar-refractivity contribution in [2.24, 2.45) is 4.99 Å². The number of pyridine rings is 1. The van der Waals surface area contributed by atoms with Crippen molar-refractivity contribution in [1.29, 1.82) is 0 Å². The van der Waals surface area contributed by atoms with Gasteiger partial charge in [0.15, 0.2) is 0 Å². The molecule has 7 heteroatoms. The second-order valence-electron chi connectivity index (χ2n) is 10.2. The molecule has 38 heavy (non-hydrogen) atoms. The van der Waals surface area contributed by atoms with Gasteiger partial charge in [-0.25, -0.2) is 0 Å². The van der Waals surface area contributed by atoms with E-state index >= 15 is 0 Å². The molecule has 0 radical (unpaired) electrons. The van der Waals surface area contributed by atoms with Gasteiger partial charge < -0.3 is 20.1 Å². The molecule has 2 heterocycles. The highest BCUT2D eigenvalue weighted by atomic mass is 16.1. The van der Waals surface area contributed by atoms with Gasteiger partial charge in [-0.2, -0.15) is 0 Å². The third-order valence-corrected chi connectivity index (χ3v) is 7.25. The molecule has 1 aliphatic rings. The number of carbonyl (C=O) groups excluding carboxylic acids is 1. The molecule has 4 rings (SSSR count). The lowest BCUT2D eigenvalue weighted by Crippen LogP contribution is -2.44. The van der Waals surface area contributed by atoms with E-state index in [9.17, 15) is 9.59 Å². The number of carbonyl (C=O) groups is 1. The molecule has 3 aromatic rings. The predicted octanol–water partition coefficient (Wildman–Crippen LogP) is 4.34. The topological polar surface area (TPSA) is 80.8 Å². The molecule has 1 aliphatic heterocycles. The minimum Gasteiger partial charge on any atom is -0.369 e. The Morgan fingerprint density at radius 1 is 1.08 bits per heavy atom. The van der Waals surface area contributed by atoms with E-state index in [0.29, 0.717) is 11.1 Å². The van der Waals surface area contributed by atoms with Crippen LogP contribution in [0.4, 0.5) is 5.69 Å². The summed E-state index contributed by atoms with van der Waals surface area (Å²) in [6.45, 7) is 10.2. The molecule has 1 amide bonds. The Labute approximate surface area is 225 Å². The van der Waals surface area contributed by atoms with Gasteiger partial charge in [-0.15, -0.1) is 0 Å². The van der Waals surface area contributed by atoms with Crippen molar-refractivity contribution in [1.82, 2.24) is 15.2 Å². The number of hydrogen-bond donors (Lipinski definition) is 2. The van der Waals surface area contributed by atoms with E-state index in [0.717, 1.165) is 72.5 Å². The van der Waals surface area contributed by atoms with Gasteiger partial charge in [0.05, 0.1) is 0 Å². The molecule has 0 unspecified atom stereocenters. The van der Waals surface area contributed by atoms with Crippen molar-refractivity contribution in [3.63, 3.8) is 0 Å². The highest BCUT2D eigenvalue weighted by Crippen LogP contribution is 2.29. The Kier molecular flexibility index (Phi) is 8.79. The maximum Gasteiger partial charge on any atom is 0.253 e. The highest BCUT2D eigenvalue weighted by molar-refractivity contribution is 6.04. The number of rotatable bonds is 8. The van der Waals surface area contributed by atoms with Crippen molar-refractivity contribution < 1.29 is 4.79 Å². The summed E-state index contributed by atoms with van der Waals surface area (Å²) in [5, 5.41) is 3.01. The third kappa shape index (κ3) is 6.22. The number of anilines is 1. The number of H-pyrrole nitrogens is 1. The van der Waals surface area contributed by atoms with Crippen molar-refractivity contribution in [2.45, 2.75) is 40.2 Å². The van der Waals surface area contributed by atoms with E-state index in [2.05, 4.69) is 69.4 Å². The first-order valence-corrected chi connectivity index (χ1v) is 13.4. The van der Waals surface area contributed by atoms with Crippen LogP contribution in [0.3, 0.4) is 0 Å². The molecule has 0 atom stereocenters. The monoisotopic (exact) mass is 513 g/mol. The Hall–Kier alpha value is -3.71. The molecule has 0 saturated carbocycles. The molecular weight excluding hydrogens is 474 g/mol. The van der Waals surface area contributed by atoms with Crippen LogP contribution in [0, 0.1) is 13.8 Å². The molecule has 0 bridgehead atoms. The van der Waals surface area contributed by atoms with Crippen LogP contribution in [-0.2, 0) is 13.0 Å². The van der Waals surface area contributed by atoms with Crippen LogP contribution in [0.1, 0.15) is 51.7 Å². The maximum atomic E-state index is 13.5. The van der Waals surface area contributed by atoms with Crippen molar-refractivity contribution in [3.05, 3.63) is 86.3 Å². The van der Waals surface area contributed by atoms with Gasteiger partial charge in [-0.05, 0) is 73.8 Å². The Bertz CT molecular complexity index is 1380. The van der Waals surface area contributed by atoms with Crippen LogP contribution in [0.15, 0.2) is 52.3 Å². The van der Waals surface area contributed by atoms with E-state index in [4.69, 9.17) is 0 Å². The molecule has 1 saturated heterocycles. The number of amides is 1. The quantitative estimate of drug-likeness (QED) is 0.439. The van der Waals surface area contributed by atoms with E-state index in [-0.39, 0.29) is 18.0 Å². The van der Waals surface area contributed by atoms with Crippen LogP contribution in [0.25, 0.3) is 11.1 Å². The first kappa shape index (κ1) is 27.3. The summed E-state index contributed by atoms with van der Waals surface area (Å²) in [6.07, 6.45) is 3.45. The molecule has 0 aliphatic carbocycles. The number of aromatic nitrogens is 1. The van der Waals surface area contributed by atoms with Gasteiger partial charge in [0, 0.05) is 74.1 Å². The third-order valence-electron chi connectivity index (χ3n) is 7.25. The fraction of sp³-hybridized carbons (Fsp3) is 0.387. The molecule has 200 valence electrons. The number of nitrogens with one attached hydrogen (secondary N) is 2. The van der Waals surface area contributed by atoms with Gasteiger partial charge in [-0.3, -0.25) is 14.6 Å². The predicted molar refractivity (Wildman–Crippen MR) is 157 cm³/mol. The van der Waals surface area contributed by atoms with Gasteiger partial charge in [-0.1, -0.05) is 31.5 Å². The summed E-state index contributed by atoms with van der Waals surface area (Å²) in [6, 6.07) is 14.6. The lowest BCUT2D eigenvalue weighted by Gasteiger charge is -2.34. The Balaban J connectivity index is 1.65. The SMILES string of the molecule is CCCc1cc(C)[nH]c(=O)c1CNC(=O)c1cc(-c2cccc(N3CCN(C)CC3)c2)cc(C)c1C=NC. The van der Waals surface area contributed by atoms with Gasteiger partial charge >= 0.3 is 0 Å². The van der Waals surface area contributed by atoms with Crippen molar-refractivity contribution in [3.8, 4) is 11.1 Å². The Morgan fingerprint density at radius 2 is 1.84 bits per heavy atom. The summed E-state index contributed by atoms with van der Waals surface area (Å²) < 4.78 is 0. The second-order valence-corrected chi connectivity index (χ2v) is 10.2. The summed E-state index contributed by atoms with van der Waals surface area (Å²) in [5.74, 6) is -0.220. The van der Waals surface area contributed by atoms with Gasteiger partial charge in [0.25, 0.3) is 11.5 Å². The van der Waals surface area contributed by atoms with Crippen LogP contribution < -0.4 is 15.8 Å². The zero-order valence-corrected chi connectivity index (χ0v) is 23.2. The van der Waals surface area contributed by atoms with E-state index in [1.807, 2.05) is 26.0 Å². The smallest absolute Gasteiger partial charge is 0.253 e. The number of nitrogens with zero attached hydrogens (tertiary/aromatic N) is 3. The van der Waals surface area contributed by atoms with E-state index in [1.165, 1.54) is 5.69 Å². The fourth-order valence-electron chi connectivity index (χ4n) is 5.14. The maximum absolute atomic E-state index is 13.5. The zero-order chi connectivity index (χ0) is 27.2. The summed E-state index contributed by atoms with van der Waals surface area (Å²) in [5.41, 5.74) is 7.84. The average Bonchev–Trinajstić information content (AvgIpc) is 2.89. The molecule has 7 nitrogen and oxygen atoms in total. The van der Waals surface area contributed by atoms with E-state index in [1.54, 1.807) is 13.3 Å². The number of likely N-dealkylation sites (N-methyl/N-ethyl adjacent to an activating group) is 1. The van der Waals surface area contributed by atoms with Crippen LogP contribution in [0.2, 0.25) is 0 Å². The minimum atomic E-state index is -0.220. The standard InChI is InChI=1S/C31H39N5O2/c1-6-8-24-16-22(3)34-31(38)29(24)20-33-30(37)27-18-25(15-21(2)28(27)19-32-4)23-9-7-10-26(17-23)36-13-11-35(5)12-14-36/h7,9-10,15-19H,6,8,11-14,20H2,1-5H3,(H,33,37)(H,34,38). The zero-order valence-electron chi connectivity index (χ0n) is 23.2. The van der Waals surface area contributed by atoms with Gasteiger partial charge in [0.1, 0.15) is 0 Å². The summed E-state index contributed by atoms with van der Waals surface area (Å²) in [7, 11) is 3.86. The summed E-state index contributed by atoms with van der Waals surface area (Å²) >= 11 is 0. The first-order valence-electron chi connectivity index (χ1n) is 13.4. The van der Waals surface area contributed by atoms with Crippen LogP contribution >= 0.6 is 0 Å². The minimum absolute atomic E-state index is 0.144. The Morgan fingerprint density at radius 3 is 2.55 bits per heavy atom.